The summed E-state index contributed by atoms with van der Waals surface area (Å²) in [5.74, 6) is -0.552. The van der Waals surface area contributed by atoms with Crippen molar-refractivity contribution < 1.29 is 4.39 Å². The van der Waals surface area contributed by atoms with Gasteiger partial charge in [0.2, 0.25) is 0 Å². The predicted molar refractivity (Wildman–Crippen MR) is 90.2 cm³/mol. The number of pyridine rings is 1. The van der Waals surface area contributed by atoms with Gasteiger partial charge in [-0.15, -0.1) is 0 Å². The Bertz CT molecular complexity index is 1170. The minimum absolute atomic E-state index is 0.0334. The highest BCUT2D eigenvalue weighted by Crippen LogP contribution is 2.31. The van der Waals surface area contributed by atoms with Crippen molar-refractivity contribution in [1.29, 1.82) is 5.26 Å². The van der Waals surface area contributed by atoms with E-state index in [-0.39, 0.29) is 28.7 Å². The van der Waals surface area contributed by atoms with Crippen molar-refractivity contribution in [3.8, 4) is 17.2 Å². The normalized spacial score (nSPS) is 10.8. The maximum atomic E-state index is 13.8. The second kappa shape index (κ2) is 5.96. The fourth-order valence-electron chi connectivity index (χ4n) is 2.85. The standard InChI is InChI=1S/C17H14FN5O2/c1-22-15-14(16(24)23(2)17(22)25)13(10(7-20)8-21-15)12-5-11(18)4-3-9(12)6-19/h3-5,8H,7,20H2,1-2H3. The van der Waals surface area contributed by atoms with Crippen LogP contribution < -0.4 is 17.0 Å². The molecule has 126 valence electrons. The lowest BCUT2D eigenvalue weighted by atomic mass is 9.94. The summed E-state index contributed by atoms with van der Waals surface area (Å²) in [5.41, 5.74) is 6.04. The SMILES string of the molecule is Cn1c(=O)c2c(-c3cc(F)ccc3C#N)c(CN)cnc2n(C)c1=O. The second-order valence-electron chi connectivity index (χ2n) is 5.57. The van der Waals surface area contributed by atoms with E-state index >= 15 is 0 Å². The molecule has 1 aromatic carbocycles. The highest BCUT2D eigenvalue weighted by Gasteiger charge is 2.20. The van der Waals surface area contributed by atoms with Crippen molar-refractivity contribution in [2.45, 2.75) is 6.54 Å². The molecule has 25 heavy (non-hydrogen) atoms. The van der Waals surface area contributed by atoms with E-state index in [1.54, 1.807) is 0 Å². The molecular formula is C17H14FN5O2. The van der Waals surface area contributed by atoms with Crippen molar-refractivity contribution in [3.63, 3.8) is 0 Å². The Morgan fingerprint density at radius 1 is 1.28 bits per heavy atom. The molecule has 0 amide bonds. The molecule has 7 nitrogen and oxygen atoms in total. The van der Waals surface area contributed by atoms with Crippen LogP contribution in [0.15, 0.2) is 34.0 Å². The number of benzene rings is 1. The first-order chi connectivity index (χ1) is 11.9. The molecule has 0 unspecified atom stereocenters. The number of nitriles is 1. The van der Waals surface area contributed by atoms with Gasteiger partial charge in [-0.1, -0.05) is 0 Å². The van der Waals surface area contributed by atoms with Crippen LogP contribution in [0.4, 0.5) is 4.39 Å². The summed E-state index contributed by atoms with van der Waals surface area (Å²) in [5, 5.41) is 9.49. The van der Waals surface area contributed by atoms with E-state index in [9.17, 15) is 19.2 Å². The largest absolute Gasteiger partial charge is 0.332 e. The molecule has 2 heterocycles. The number of hydrogen-bond acceptors (Lipinski definition) is 5. The van der Waals surface area contributed by atoms with Crippen molar-refractivity contribution in [2.24, 2.45) is 19.8 Å². The minimum atomic E-state index is -0.580. The van der Waals surface area contributed by atoms with Crippen LogP contribution in [-0.4, -0.2) is 14.1 Å². The highest BCUT2D eigenvalue weighted by atomic mass is 19.1. The van der Waals surface area contributed by atoms with E-state index in [1.165, 1.54) is 43.1 Å². The van der Waals surface area contributed by atoms with Crippen molar-refractivity contribution >= 4 is 11.0 Å². The number of rotatable bonds is 2. The topological polar surface area (TPSA) is 107 Å². The van der Waals surface area contributed by atoms with Gasteiger partial charge in [-0.3, -0.25) is 13.9 Å². The Hall–Kier alpha value is -3.31. The first-order valence-electron chi connectivity index (χ1n) is 7.38. The molecule has 0 aliphatic rings. The van der Waals surface area contributed by atoms with Gasteiger partial charge in [-0.05, 0) is 23.8 Å². The smallest absolute Gasteiger partial charge is 0.326 e. The summed E-state index contributed by atoms with van der Waals surface area (Å²) in [7, 11) is 2.83. The quantitative estimate of drug-likeness (QED) is 0.742. The van der Waals surface area contributed by atoms with Crippen molar-refractivity contribution in [3.05, 3.63) is 62.2 Å². The van der Waals surface area contributed by atoms with Crippen LogP contribution in [-0.2, 0) is 20.6 Å². The lowest BCUT2D eigenvalue weighted by Gasteiger charge is -2.15. The molecule has 0 aliphatic heterocycles. The van der Waals surface area contributed by atoms with Crippen LogP contribution in [0.3, 0.4) is 0 Å². The van der Waals surface area contributed by atoms with Crippen molar-refractivity contribution in [1.82, 2.24) is 14.1 Å². The predicted octanol–water partition coefficient (Wildman–Crippen LogP) is 0.769. The van der Waals surface area contributed by atoms with Gasteiger partial charge < -0.3 is 5.73 Å². The third kappa shape index (κ3) is 2.42. The zero-order valence-corrected chi connectivity index (χ0v) is 13.6. The second-order valence-corrected chi connectivity index (χ2v) is 5.57. The molecule has 2 aromatic heterocycles. The molecule has 0 aliphatic carbocycles. The lowest BCUT2D eigenvalue weighted by molar-refractivity contribution is 0.628. The average molecular weight is 339 g/mol. The molecule has 2 N–H and O–H groups in total. The third-order valence-corrected chi connectivity index (χ3v) is 4.14. The Balaban J connectivity index is 2.64. The van der Waals surface area contributed by atoms with E-state index in [0.29, 0.717) is 11.1 Å². The monoisotopic (exact) mass is 339 g/mol. The van der Waals surface area contributed by atoms with Gasteiger partial charge in [0.05, 0.1) is 17.0 Å². The van der Waals surface area contributed by atoms with Crippen LogP contribution >= 0.6 is 0 Å². The lowest BCUT2D eigenvalue weighted by Crippen LogP contribution is -2.37. The van der Waals surface area contributed by atoms with Gasteiger partial charge in [-0.25, -0.2) is 14.2 Å². The number of halogens is 1. The molecule has 0 radical (unpaired) electrons. The molecule has 0 bridgehead atoms. The summed E-state index contributed by atoms with van der Waals surface area (Å²) in [6, 6.07) is 5.67. The third-order valence-electron chi connectivity index (χ3n) is 4.14. The fourth-order valence-corrected chi connectivity index (χ4v) is 2.85. The summed E-state index contributed by atoms with van der Waals surface area (Å²) in [6.07, 6.45) is 1.43. The van der Waals surface area contributed by atoms with E-state index < -0.39 is 17.1 Å². The molecule has 0 fully saturated rings. The highest BCUT2D eigenvalue weighted by molar-refractivity contribution is 5.95. The molecule has 0 atom stereocenters. The Morgan fingerprint density at radius 2 is 2.00 bits per heavy atom. The summed E-state index contributed by atoms with van der Waals surface area (Å²) in [4.78, 5) is 29.0. The first-order valence-corrected chi connectivity index (χ1v) is 7.38. The van der Waals surface area contributed by atoms with Crippen LogP contribution in [0.2, 0.25) is 0 Å². The Morgan fingerprint density at radius 3 is 2.64 bits per heavy atom. The maximum Gasteiger partial charge on any atom is 0.332 e. The van der Waals surface area contributed by atoms with Crippen LogP contribution in [0.1, 0.15) is 11.1 Å². The zero-order valence-electron chi connectivity index (χ0n) is 13.6. The first kappa shape index (κ1) is 16.5. The number of aromatic nitrogens is 3. The fraction of sp³-hybridized carbons (Fsp3) is 0.176. The molecule has 8 heteroatoms. The van der Waals surface area contributed by atoms with Crippen LogP contribution in [0.25, 0.3) is 22.2 Å². The van der Waals surface area contributed by atoms with Gasteiger partial charge in [0.25, 0.3) is 5.56 Å². The van der Waals surface area contributed by atoms with Gasteiger partial charge >= 0.3 is 5.69 Å². The van der Waals surface area contributed by atoms with E-state index in [4.69, 9.17) is 5.73 Å². The number of aryl methyl sites for hydroxylation is 1. The number of nitrogens with two attached hydrogens (primary N) is 1. The van der Waals surface area contributed by atoms with Gasteiger partial charge in [0.1, 0.15) is 11.5 Å². The number of hydrogen-bond donors (Lipinski definition) is 1. The molecule has 0 spiro atoms. The number of fused-ring (bicyclic) bond motifs is 1. The van der Waals surface area contributed by atoms with Gasteiger partial charge in [0.15, 0.2) is 0 Å². The van der Waals surface area contributed by atoms with Crippen LogP contribution in [0.5, 0.6) is 0 Å². The maximum absolute atomic E-state index is 13.8. The van der Waals surface area contributed by atoms with Crippen molar-refractivity contribution in [2.75, 3.05) is 0 Å². The summed E-state index contributed by atoms with van der Waals surface area (Å²) in [6.45, 7) is 0.0334. The zero-order chi connectivity index (χ0) is 18.3. The molecule has 3 aromatic rings. The van der Waals surface area contributed by atoms with Gasteiger partial charge in [-0.2, -0.15) is 5.26 Å². The average Bonchev–Trinajstić information content (AvgIpc) is 2.63. The molecule has 0 saturated carbocycles. The number of nitrogens with zero attached hydrogens (tertiary/aromatic N) is 4. The Labute approximate surface area is 141 Å². The van der Waals surface area contributed by atoms with E-state index in [1.807, 2.05) is 6.07 Å². The summed E-state index contributed by atoms with van der Waals surface area (Å²) < 4.78 is 16.0. The molecular weight excluding hydrogens is 325 g/mol. The van der Waals surface area contributed by atoms with E-state index in [0.717, 1.165) is 4.57 Å². The summed E-state index contributed by atoms with van der Waals surface area (Å²) >= 11 is 0. The Kier molecular flexibility index (Phi) is 3.94. The molecule has 0 saturated heterocycles. The van der Waals surface area contributed by atoms with Gasteiger partial charge in [0, 0.05) is 38.0 Å². The minimum Gasteiger partial charge on any atom is -0.326 e. The molecule has 3 rings (SSSR count). The van der Waals surface area contributed by atoms with Crippen LogP contribution in [0, 0.1) is 17.1 Å². The van der Waals surface area contributed by atoms with E-state index in [2.05, 4.69) is 4.98 Å².